The highest BCUT2D eigenvalue weighted by molar-refractivity contribution is 7.99. The number of carbonyl (C=O) groups is 1. The third kappa shape index (κ3) is 6.38. The molecule has 1 fully saturated rings. The smallest absolute Gasteiger partial charge is 0.230 e. The number of ether oxygens (including phenoxy) is 2. The van der Waals surface area contributed by atoms with Crippen LogP contribution < -0.4 is 14.8 Å². The highest BCUT2D eigenvalue weighted by atomic mass is 32.2. The van der Waals surface area contributed by atoms with E-state index in [2.05, 4.69) is 22.4 Å². The number of hydrogen-bond acceptors (Lipinski definition) is 6. The van der Waals surface area contributed by atoms with Crippen LogP contribution in [0.5, 0.6) is 11.5 Å². The zero-order valence-electron chi connectivity index (χ0n) is 19.0. The van der Waals surface area contributed by atoms with Gasteiger partial charge >= 0.3 is 0 Å². The van der Waals surface area contributed by atoms with Gasteiger partial charge < -0.3 is 19.4 Å². The second-order valence-corrected chi connectivity index (χ2v) is 8.98. The quantitative estimate of drug-likeness (QED) is 0.546. The van der Waals surface area contributed by atoms with Gasteiger partial charge in [0.15, 0.2) is 22.5 Å². The van der Waals surface area contributed by atoms with Crippen LogP contribution in [-0.2, 0) is 17.9 Å². The lowest BCUT2D eigenvalue weighted by Crippen LogP contribution is -2.41. The Bertz CT molecular complexity index is 871. The summed E-state index contributed by atoms with van der Waals surface area (Å²) in [5.74, 6) is 3.10. The maximum absolute atomic E-state index is 12.4. The van der Waals surface area contributed by atoms with Gasteiger partial charge in [0, 0.05) is 12.6 Å². The molecule has 3 rings (SSSR count). The summed E-state index contributed by atoms with van der Waals surface area (Å²) in [6.07, 6.45) is 4.73. The summed E-state index contributed by atoms with van der Waals surface area (Å²) in [5.41, 5.74) is 1.12. The number of hydrogen-bond donors (Lipinski definition) is 1. The predicted molar refractivity (Wildman–Crippen MR) is 123 cm³/mol. The van der Waals surface area contributed by atoms with Gasteiger partial charge in [-0.15, -0.1) is 10.2 Å². The van der Waals surface area contributed by atoms with Crippen LogP contribution >= 0.6 is 11.8 Å². The second-order valence-electron chi connectivity index (χ2n) is 8.04. The molecule has 2 atom stereocenters. The van der Waals surface area contributed by atoms with Gasteiger partial charge in [0.25, 0.3) is 0 Å². The predicted octanol–water partition coefficient (Wildman–Crippen LogP) is 4.37. The van der Waals surface area contributed by atoms with Crippen LogP contribution in [0.3, 0.4) is 0 Å². The molecule has 170 valence electrons. The average Bonchev–Trinajstić information content (AvgIpc) is 3.15. The minimum Gasteiger partial charge on any atom is -0.490 e. The number of aromatic nitrogens is 3. The fourth-order valence-electron chi connectivity index (χ4n) is 3.90. The van der Waals surface area contributed by atoms with Gasteiger partial charge in [-0.2, -0.15) is 0 Å². The van der Waals surface area contributed by atoms with Gasteiger partial charge in [-0.3, -0.25) is 4.79 Å². The van der Waals surface area contributed by atoms with Crippen molar-refractivity contribution in [1.29, 1.82) is 0 Å². The molecule has 0 spiro atoms. The van der Waals surface area contributed by atoms with E-state index in [1.54, 1.807) is 0 Å². The summed E-state index contributed by atoms with van der Waals surface area (Å²) in [6.45, 7) is 9.81. The Balaban J connectivity index is 1.57. The first-order valence-electron chi connectivity index (χ1n) is 11.2. The molecule has 31 heavy (non-hydrogen) atoms. The molecule has 0 radical (unpaired) electrons. The van der Waals surface area contributed by atoms with Crippen molar-refractivity contribution in [3.63, 3.8) is 0 Å². The van der Waals surface area contributed by atoms with Gasteiger partial charge in [-0.25, -0.2) is 0 Å². The van der Waals surface area contributed by atoms with Crippen molar-refractivity contribution in [2.24, 2.45) is 5.92 Å². The molecule has 2 aromatic rings. The van der Waals surface area contributed by atoms with E-state index in [0.29, 0.717) is 36.6 Å². The molecule has 1 heterocycles. The molecule has 7 nitrogen and oxygen atoms in total. The zero-order valence-corrected chi connectivity index (χ0v) is 19.8. The number of thioether (sulfide) groups is 1. The number of nitrogens with one attached hydrogen (secondary N) is 1. The van der Waals surface area contributed by atoms with E-state index in [1.807, 2.05) is 43.5 Å². The summed E-state index contributed by atoms with van der Waals surface area (Å²) in [5, 5.41) is 12.5. The van der Waals surface area contributed by atoms with E-state index >= 15 is 0 Å². The number of benzene rings is 1. The molecule has 0 saturated heterocycles. The summed E-state index contributed by atoms with van der Waals surface area (Å²) in [4.78, 5) is 12.4. The van der Waals surface area contributed by atoms with Crippen molar-refractivity contribution in [3.8, 4) is 11.5 Å². The average molecular weight is 447 g/mol. The number of amides is 1. The molecule has 1 amide bonds. The van der Waals surface area contributed by atoms with E-state index < -0.39 is 0 Å². The van der Waals surface area contributed by atoms with Crippen LogP contribution in [0.15, 0.2) is 23.4 Å². The van der Waals surface area contributed by atoms with Gasteiger partial charge in [0.05, 0.1) is 12.4 Å². The standard InChI is InChI=1S/C23H34N4O3S/c1-5-27-21(14-30-19-12-11-16(3)13-20(19)29-6-2)25-26-23(27)31-15-22(28)24-18-10-8-7-9-17(18)4/h11-13,17-18H,5-10,14-15H2,1-4H3,(H,24,28)/t17-,18+/m1/s1. The van der Waals surface area contributed by atoms with Crippen LogP contribution in [0.25, 0.3) is 0 Å². The lowest BCUT2D eigenvalue weighted by atomic mass is 9.86. The number of carbonyl (C=O) groups excluding carboxylic acids is 1. The summed E-state index contributed by atoms with van der Waals surface area (Å²) in [6, 6.07) is 6.18. The number of rotatable bonds is 10. The third-order valence-electron chi connectivity index (χ3n) is 5.66. The summed E-state index contributed by atoms with van der Waals surface area (Å²) >= 11 is 1.42. The van der Waals surface area contributed by atoms with Crippen molar-refractivity contribution < 1.29 is 14.3 Å². The lowest BCUT2D eigenvalue weighted by molar-refractivity contribution is -0.119. The highest BCUT2D eigenvalue weighted by Gasteiger charge is 2.23. The topological polar surface area (TPSA) is 78.3 Å². The molecule has 8 heteroatoms. The van der Waals surface area contributed by atoms with Crippen molar-refractivity contribution >= 4 is 17.7 Å². The molecule has 1 N–H and O–H groups in total. The van der Waals surface area contributed by atoms with Crippen molar-refractivity contribution in [2.45, 2.75) is 77.7 Å². The first-order valence-corrected chi connectivity index (χ1v) is 12.2. The maximum Gasteiger partial charge on any atom is 0.230 e. The molecule has 0 aliphatic heterocycles. The Kier molecular flexibility index (Phi) is 8.63. The fraction of sp³-hybridized carbons (Fsp3) is 0.609. The Labute approximate surface area is 189 Å². The Morgan fingerprint density at radius 1 is 1.19 bits per heavy atom. The largest absolute Gasteiger partial charge is 0.490 e. The Morgan fingerprint density at radius 2 is 2.00 bits per heavy atom. The molecule has 1 aromatic carbocycles. The summed E-state index contributed by atoms with van der Waals surface area (Å²) < 4.78 is 13.7. The Morgan fingerprint density at radius 3 is 2.74 bits per heavy atom. The van der Waals surface area contributed by atoms with Crippen molar-refractivity contribution in [2.75, 3.05) is 12.4 Å². The molecule has 1 aliphatic rings. The molecule has 0 unspecified atom stereocenters. The monoisotopic (exact) mass is 446 g/mol. The van der Waals surface area contributed by atoms with E-state index in [-0.39, 0.29) is 12.5 Å². The van der Waals surface area contributed by atoms with Crippen LogP contribution in [0.2, 0.25) is 0 Å². The van der Waals surface area contributed by atoms with E-state index in [1.165, 1.54) is 31.0 Å². The molecular formula is C23H34N4O3S. The fourth-order valence-corrected chi connectivity index (χ4v) is 4.74. The molecule has 1 saturated carbocycles. The van der Waals surface area contributed by atoms with Gasteiger partial charge in [0.1, 0.15) is 6.61 Å². The number of nitrogens with zero attached hydrogens (tertiary/aromatic N) is 3. The van der Waals surface area contributed by atoms with E-state index in [0.717, 1.165) is 28.7 Å². The van der Waals surface area contributed by atoms with Crippen molar-refractivity contribution in [3.05, 3.63) is 29.6 Å². The normalized spacial score (nSPS) is 18.6. The zero-order chi connectivity index (χ0) is 22.2. The van der Waals surface area contributed by atoms with Gasteiger partial charge in [-0.05, 0) is 57.2 Å². The first-order chi connectivity index (χ1) is 15.0. The molecule has 1 aliphatic carbocycles. The SMILES string of the molecule is CCOc1cc(C)ccc1OCc1nnc(SCC(=O)N[C@H]2CCCC[C@H]2C)n1CC. The highest BCUT2D eigenvalue weighted by Crippen LogP contribution is 2.29. The third-order valence-corrected chi connectivity index (χ3v) is 6.62. The van der Waals surface area contributed by atoms with Crippen molar-refractivity contribution in [1.82, 2.24) is 20.1 Å². The molecular weight excluding hydrogens is 412 g/mol. The Hall–Kier alpha value is -2.22. The summed E-state index contributed by atoms with van der Waals surface area (Å²) in [7, 11) is 0. The van der Waals surface area contributed by atoms with E-state index in [9.17, 15) is 4.79 Å². The minimum atomic E-state index is 0.0632. The van der Waals surface area contributed by atoms with E-state index in [4.69, 9.17) is 9.47 Å². The van der Waals surface area contributed by atoms with Gasteiger partial charge in [-0.1, -0.05) is 37.6 Å². The van der Waals surface area contributed by atoms with Crippen LogP contribution in [0.1, 0.15) is 57.8 Å². The van der Waals surface area contributed by atoms with Crippen LogP contribution in [-0.4, -0.2) is 39.1 Å². The molecule has 0 bridgehead atoms. The number of aryl methyl sites for hydroxylation is 1. The maximum atomic E-state index is 12.4. The van der Waals surface area contributed by atoms with Crippen LogP contribution in [0.4, 0.5) is 0 Å². The molecule has 1 aromatic heterocycles. The first kappa shape index (κ1) is 23.4. The van der Waals surface area contributed by atoms with Crippen LogP contribution in [0, 0.1) is 12.8 Å². The second kappa shape index (κ2) is 11.4. The van der Waals surface area contributed by atoms with Gasteiger partial charge in [0.2, 0.25) is 5.91 Å². The minimum absolute atomic E-state index is 0.0632. The lowest BCUT2D eigenvalue weighted by Gasteiger charge is -2.29.